The molecule has 1 spiro atoms. The lowest BCUT2D eigenvalue weighted by Crippen LogP contribution is -2.55. The largest absolute Gasteiger partial charge is 0.416 e. The molecule has 0 bridgehead atoms. The second kappa shape index (κ2) is 25.2. The van der Waals surface area contributed by atoms with Gasteiger partial charge in [-0.05, 0) is 143 Å². The molecule has 1 aliphatic carbocycles. The predicted molar refractivity (Wildman–Crippen MR) is 349 cm³/mol. The van der Waals surface area contributed by atoms with Crippen molar-refractivity contribution >= 4 is 120 Å². The van der Waals surface area contributed by atoms with Crippen LogP contribution in [0.15, 0.2) is 104 Å². The van der Waals surface area contributed by atoms with Crippen molar-refractivity contribution in [3.05, 3.63) is 131 Å². The number of hydrogen-bond acceptors (Lipinski definition) is 14. The molecule has 5 aromatic carbocycles. The van der Waals surface area contributed by atoms with Crippen molar-refractivity contribution in [2.24, 2.45) is 0 Å². The van der Waals surface area contributed by atoms with Gasteiger partial charge in [-0.2, -0.15) is 51.0 Å². The van der Waals surface area contributed by atoms with E-state index in [-0.39, 0.29) is 35.3 Å². The maximum atomic E-state index is 13.3. The summed E-state index contributed by atoms with van der Waals surface area (Å²) in [6.45, 7) is 6.84. The normalized spacial score (nSPS) is 19.8. The number of aromatic nitrogens is 8. The molecule has 1 unspecified atom stereocenters. The summed E-state index contributed by atoms with van der Waals surface area (Å²) in [6, 6.07) is 20.5. The molecule has 95 heavy (non-hydrogen) atoms. The molecule has 4 saturated heterocycles. The van der Waals surface area contributed by atoms with Gasteiger partial charge in [0.1, 0.15) is 5.54 Å². The molecule has 15 rings (SSSR count). The second-order valence-electron chi connectivity index (χ2n) is 25.4. The highest BCUT2D eigenvalue weighted by Crippen LogP contribution is 2.46. The zero-order valence-corrected chi connectivity index (χ0v) is 55.0. The molecular formula is C62H68ClF6N15O8S3. The maximum absolute atomic E-state index is 13.3. The average Bonchev–Trinajstić information content (AvgIpc) is 1.77. The molecule has 4 aromatic heterocycles. The highest BCUT2D eigenvalue weighted by atomic mass is 35.5. The summed E-state index contributed by atoms with van der Waals surface area (Å²) in [5.74, 6) is 0.318. The van der Waals surface area contributed by atoms with Gasteiger partial charge in [-0.15, -0.1) is 0 Å². The molecule has 6 aliphatic rings. The van der Waals surface area contributed by atoms with E-state index in [0.29, 0.717) is 101 Å². The number of piperidine rings is 3. The molecule has 3 amide bonds. The minimum absolute atomic E-state index is 0.115. The van der Waals surface area contributed by atoms with Crippen LogP contribution in [0.1, 0.15) is 99.3 Å². The van der Waals surface area contributed by atoms with E-state index in [4.69, 9.17) is 11.6 Å². The van der Waals surface area contributed by atoms with Crippen LogP contribution < -0.4 is 24.7 Å². The second-order valence-corrected chi connectivity index (χ2v) is 31.8. The number of para-hydroxylation sites is 2. The third-order valence-corrected chi connectivity index (χ3v) is 23.8. The van der Waals surface area contributed by atoms with E-state index in [9.17, 15) is 61.2 Å². The third kappa shape index (κ3) is 13.7. The number of alkyl halides is 6. The van der Waals surface area contributed by atoms with Crippen LogP contribution in [0.5, 0.6) is 0 Å². The minimum atomic E-state index is -4.51. The Labute approximate surface area is 547 Å². The van der Waals surface area contributed by atoms with E-state index in [1.54, 1.807) is 42.7 Å². The van der Waals surface area contributed by atoms with Crippen molar-refractivity contribution < 1.29 is 61.2 Å². The number of benzene rings is 5. The van der Waals surface area contributed by atoms with E-state index >= 15 is 0 Å². The Morgan fingerprint density at radius 2 is 1.08 bits per heavy atom. The minimum Gasteiger partial charge on any atom is -0.371 e. The maximum Gasteiger partial charge on any atom is 0.416 e. The molecular weight excluding hydrogens is 1330 g/mol. The van der Waals surface area contributed by atoms with Crippen LogP contribution >= 0.6 is 11.6 Å². The fourth-order valence-electron chi connectivity index (χ4n) is 13.8. The lowest BCUT2D eigenvalue weighted by atomic mass is 9.79. The van der Waals surface area contributed by atoms with Crippen molar-refractivity contribution in [2.75, 3.05) is 72.4 Å². The Morgan fingerprint density at radius 3 is 1.63 bits per heavy atom. The molecule has 5 aliphatic heterocycles. The first kappa shape index (κ1) is 67.0. The van der Waals surface area contributed by atoms with Crippen molar-refractivity contribution in [3.8, 4) is 0 Å². The van der Waals surface area contributed by atoms with Gasteiger partial charge >= 0.3 is 18.4 Å². The Hall–Kier alpha value is -8.04. The first-order chi connectivity index (χ1) is 44.8. The van der Waals surface area contributed by atoms with Crippen LogP contribution in [0.25, 0.3) is 43.6 Å². The van der Waals surface area contributed by atoms with Gasteiger partial charge in [0.25, 0.3) is 5.91 Å². The Balaban J connectivity index is 0.000000122. The highest BCUT2D eigenvalue weighted by molar-refractivity contribution is 7.92. The Kier molecular flexibility index (Phi) is 17.8. The number of aromatic amines is 4. The zero-order valence-electron chi connectivity index (χ0n) is 51.8. The number of halogens is 7. The molecule has 23 nitrogen and oxygen atoms in total. The number of H-pyrrole nitrogens is 4. The number of imide groups is 1. The van der Waals surface area contributed by atoms with E-state index < -0.39 is 65.1 Å². The summed E-state index contributed by atoms with van der Waals surface area (Å²) in [7, 11) is -9.70. The van der Waals surface area contributed by atoms with Crippen molar-refractivity contribution in [1.82, 2.24) is 60.0 Å². The molecule has 1 saturated carbocycles. The predicted octanol–water partition coefficient (Wildman–Crippen LogP) is 10.6. The standard InChI is InChI=1S/C17H15F3N4O2S.C15H18ClN3O2S.C15H14F3N5O2.C15H21N3O2S/c1-27(25,26)24-7-6-23(14-4-2-3-5-15(14)24)16-9-11(17(18,19)20)8-13-12(16)10-21-22-13;16-11-7-13(14-9-17-18-15(14)8-11)10-3-5-19(6-4-10)22(20,21)12-1-2-12;16-15(17,18)8-5-10-9(7-19-22-10)11(6-8)23-3-1-14(2-4-23)12(24)20-13(25)21-14;1-15(2)9-11(7-8-18(15)21(3,19)20)12-5-4-6-14-13(12)10-16-17-14/h2-5,8-10H,6-7H2,1H3,(H,21,22);7-10,12H,1-6H2,(H,17,18);5-7H,1-4H2,(H,19,22)(H2,20,21,24,25);4-6,10-11H,7-9H2,1-3H3,(H,16,17). The summed E-state index contributed by atoms with van der Waals surface area (Å²) < 4.78 is 157. The summed E-state index contributed by atoms with van der Waals surface area (Å²) >= 11 is 6.20. The van der Waals surface area contributed by atoms with Crippen molar-refractivity contribution in [1.29, 1.82) is 0 Å². The molecule has 5 fully saturated rings. The van der Waals surface area contributed by atoms with Gasteiger partial charge in [-0.3, -0.25) is 34.8 Å². The highest BCUT2D eigenvalue weighted by Gasteiger charge is 2.49. The van der Waals surface area contributed by atoms with Crippen molar-refractivity contribution in [2.45, 2.75) is 106 Å². The summed E-state index contributed by atoms with van der Waals surface area (Å²) in [6.07, 6.45) is 5.71. The molecule has 6 N–H and O–H groups in total. The first-order valence-corrected chi connectivity index (χ1v) is 36.2. The number of amides is 3. The molecule has 1 atom stereocenters. The third-order valence-electron chi connectivity index (χ3n) is 18.6. The van der Waals surface area contributed by atoms with Crippen LogP contribution in [0.3, 0.4) is 0 Å². The van der Waals surface area contributed by atoms with Gasteiger partial charge in [-0.25, -0.2) is 34.4 Å². The first-order valence-electron chi connectivity index (χ1n) is 30.6. The summed E-state index contributed by atoms with van der Waals surface area (Å²) in [4.78, 5) is 26.9. The Bertz CT molecular complexity index is 4750. The van der Waals surface area contributed by atoms with E-state index in [1.165, 1.54) is 34.1 Å². The van der Waals surface area contributed by atoms with Gasteiger partial charge in [0, 0.05) is 77.1 Å². The van der Waals surface area contributed by atoms with E-state index in [0.717, 1.165) is 90.9 Å². The zero-order chi connectivity index (χ0) is 67.8. The fraction of sp³-hybridized carbons (Fsp3) is 0.419. The molecule has 9 aromatic rings. The summed E-state index contributed by atoms with van der Waals surface area (Å²) in [5, 5.41) is 35.8. The van der Waals surface area contributed by atoms with E-state index in [1.807, 2.05) is 50.5 Å². The van der Waals surface area contributed by atoms with Crippen LogP contribution in [0, 0.1) is 0 Å². The lowest BCUT2D eigenvalue weighted by Gasteiger charge is -2.44. The average molecular weight is 1400 g/mol. The molecule has 506 valence electrons. The number of rotatable bonds is 8. The quantitative estimate of drug-likeness (QED) is 0.0609. The van der Waals surface area contributed by atoms with Gasteiger partial charge in [0.05, 0.1) is 99.3 Å². The van der Waals surface area contributed by atoms with Gasteiger partial charge in [0.15, 0.2) is 0 Å². The van der Waals surface area contributed by atoms with Gasteiger partial charge < -0.3 is 15.1 Å². The van der Waals surface area contributed by atoms with Crippen molar-refractivity contribution in [3.63, 3.8) is 0 Å². The number of sulfonamides is 3. The Morgan fingerprint density at radius 1 is 0.547 bits per heavy atom. The number of fused-ring (bicyclic) bond motifs is 5. The molecule has 9 heterocycles. The number of anilines is 4. The number of carbonyl (C=O) groups is 2. The van der Waals surface area contributed by atoms with Crippen LogP contribution in [0.2, 0.25) is 5.02 Å². The monoisotopic (exact) mass is 1400 g/mol. The van der Waals surface area contributed by atoms with Gasteiger partial charge in [-0.1, -0.05) is 35.9 Å². The smallest absolute Gasteiger partial charge is 0.371 e. The summed E-state index contributed by atoms with van der Waals surface area (Å²) in [5.41, 5.74) is 3.81. The van der Waals surface area contributed by atoms with E-state index in [2.05, 4.69) is 57.5 Å². The number of nitrogens with one attached hydrogen (secondary N) is 6. The number of carbonyl (C=O) groups excluding carboxylic acids is 2. The number of urea groups is 1. The topological polar surface area (TPSA) is 292 Å². The SMILES string of the molecule is CC1(C)CC(c2cccc3[nH]ncc23)CCN1S(C)(=O)=O.CS(=O)(=O)N1CCN(c2cc(C(F)(F)F)cc3[nH]ncc23)c2ccccc21.O=C1NC(=O)C2(CCN(c3cc(C(F)(F)F)cc4[nH]ncc34)CC2)N1.O=S(=O)(C1CC1)N1CCC(c2cc(Cl)cc3[nH]ncc23)CC1. The lowest BCUT2D eigenvalue weighted by molar-refractivity contribution is -0.138. The van der Waals surface area contributed by atoms with Crippen LogP contribution in [0.4, 0.5) is 53.9 Å². The van der Waals surface area contributed by atoms with Gasteiger partial charge in [0.2, 0.25) is 30.1 Å². The molecule has 33 heteroatoms. The number of hydrogen-bond donors (Lipinski definition) is 6. The van der Waals surface area contributed by atoms with Crippen LogP contribution in [-0.4, -0.2) is 161 Å². The van der Waals surface area contributed by atoms with Crippen LogP contribution in [-0.2, 0) is 47.2 Å². The molecule has 0 radical (unpaired) electrons. The number of nitrogens with zero attached hydrogens (tertiary/aromatic N) is 9. The fourth-order valence-corrected chi connectivity index (χ4v) is 18.2.